The van der Waals surface area contributed by atoms with E-state index in [2.05, 4.69) is 20.6 Å². The molecular formula is C21H28N6O3. The molecule has 1 saturated heterocycles. The van der Waals surface area contributed by atoms with Crippen molar-refractivity contribution in [3.05, 3.63) is 41.1 Å². The molecule has 4 rings (SSSR count). The van der Waals surface area contributed by atoms with Crippen molar-refractivity contribution in [2.75, 3.05) is 45.1 Å². The van der Waals surface area contributed by atoms with E-state index >= 15 is 0 Å². The topological polar surface area (TPSA) is 115 Å². The number of hydrogen-bond acceptors (Lipinski definition) is 6. The number of ether oxygens (including phenoxy) is 1. The highest BCUT2D eigenvalue weighted by molar-refractivity contribution is 5.98. The first-order chi connectivity index (χ1) is 14.5. The van der Waals surface area contributed by atoms with E-state index in [0.717, 1.165) is 56.9 Å². The van der Waals surface area contributed by atoms with Gasteiger partial charge in [-0.25, -0.2) is 4.68 Å². The minimum Gasteiger partial charge on any atom is -0.382 e. The van der Waals surface area contributed by atoms with Crippen LogP contribution in [0.15, 0.2) is 24.4 Å². The number of hydrogen-bond donors (Lipinski definition) is 3. The third kappa shape index (κ3) is 4.80. The molecule has 4 N–H and O–H groups in total. The summed E-state index contributed by atoms with van der Waals surface area (Å²) in [6.07, 6.45) is 3.68. The van der Waals surface area contributed by atoms with E-state index in [0.29, 0.717) is 17.7 Å². The quantitative estimate of drug-likeness (QED) is 0.617. The summed E-state index contributed by atoms with van der Waals surface area (Å²) >= 11 is 0. The third-order valence-corrected chi connectivity index (χ3v) is 5.44. The van der Waals surface area contributed by atoms with E-state index < -0.39 is 0 Å². The molecule has 0 spiro atoms. The number of nitrogens with one attached hydrogen (secondary N) is 2. The summed E-state index contributed by atoms with van der Waals surface area (Å²) in [6, 6.07) is 5.73. The van der Waals surface area contributed by atoms with Crippen LogP contribution in [-0.2, 0) is 4.74 Å². The standard InChI is InChI=1S/C21H28N6O3/c1-14-2-3-15(20(28)24-16-4-5-16)12-18(14)27-13-17(19(22)25-27)21(29)23-6-7-26-8-10-30-11-9-26/h2-3,12-13,16H,4-11H2,1H3,(H2,22,25)(H,23,29)(H,24,28). The summed E-state index contributed by atoms with van der Waals surface area (Å²) in [6.45, 7) is 6.42. The van der Waals surface area contributed by atoms with E-state index in [1.807, 2.05) is 13.0 Å². The van der Waals surface area contributed by atoms with Gasteiger partial charge in [0.1, 0.15) is 5.56 Å². The molecule has 0 radical (unpaired) electrons. The van der Waals surface area contributed by atoms with Crippen molar-refractivity contribution in [1.29, 1.82) is 0 Å². The van der Waals surface area contributed by atoms with Crippen molar-refractivity contribution in [3.8, 4) is 5.69 Å². The molecule has 0 bridgehead atoms. The number of aromatic nitrogens is 2. The molecule has 1 aromatic heterocycles. The first kappa shape index (κ1) is 20.4. The first-order valence-corrected chi connectivity index (χ1v) is 10.4. The molecule has 0 unspecified atom stereocenters. The van der Waals surface area contributed by atoms with Gasteiger partial charge in [-0.15, -0.1) is 5.10 Å². The van der Waals surface area contributed by atoms with Crippen LogP contribution in [0.2, 0.25) is 0 Å². The fourth-order valence-electron chi connectivity index (χ4n) is 3.43. The molecular weight excluding hydrogens is 384 g/mol. The number of nitrogens with two attached hydrogens (primary N) is 1. The second-order valence-electron chi connectivity index (χ2n) is 7.83. The Morgan fingerprint density at radius 2 is 2.00 bits per heavy atom. The summed E-state index contributed by atoms with van der Waals surface area (Å²) in [7, 11) is 0. The monoisotopic (exact) mass is 412 g/mol. The molecule has 30 heavy (non-hydrogen) atoms. The largest absolute Gasteiger partial charge is 0.382 e. The Balaban J connectivity index is 1.43. The smallest absolute Gasteiger partial charge is 0.256 e. The van der Waals surface area contributed by atoms with Gasteiger partial charge in [0, 0.05) is 44.0 Å². The van der Waals surface area contributed by atoms with Gasteiger partial charge >= 0.3 is 0 Å². The Hall–Kier alpha value is -2.91. The van der Waals surface area contributed by atoms with Crippen LogP contribution in [0.1, 0.15) is 39.1 Å². The predicted molar refractivity (Wildman–Crippen MR) is 113 cm³/mol. The van der Waals surface area contributed by atoms with E-state index in [1.165, 1.54) is 0 Å². The second-order valence-corrected chi connectivity index (χ2v) is 7.83. The van der Waals surface area contributed by atoms with Gasteiger partial charge in [-0.1, -0.05) is 6.07 Å². The molecule has 1 saturated carbocycles. The van der Waals surface area contributed by atoms with E-state index in [9.17, 15) is 9.59 Å². The maximum atomic E-state index is 12.6. The number of amides is 2. The average Bonchev–Trinajstić information content (AvgIpc) is 3.47. The highest BCUT2D eigenvalue weighted by atomic mass is 16.5. The Bertz CT molecular complexity index is 931. The van der Waals surface area contributed by atoms with Crippen molar-refractivity contribution >= 4 is 17.6 Å². The van der Waals surface area contributed by atoms with Gasteiger partial charge in [0.2, 0.25) is 0 Å². The molecule has 2 aromatic rings. The fraction of sp³-hybridized carbons (Fsp3) is 0.476. The lowest BCUT2D eigenvalue weighted by atomic mass is 10.1. The Labute approximate surface area is 175 Å². The van der Waals surface area contributed by atoms with Crippen LogP contribution in [0.4, 0.5) is 5.82 Å². The minimum absolute atomic E-state index is 0.0973. The molecule has 2 heterocycles. The maximum Gasteiger partial charge on any atom is 0.256 e. The number of nitrogen functional groups attached to an aromatic ring is 1. The first-order valence-electron chi connectivity index (χ1n) is 10.4. The maximum absolute atomic E-state index is 12.6. The number of aryl methyl sites for hydroxylation is 1. The summed E-state index contributed by atoms with van der Waals surface area (Å²) in [5, 5.41) is 10.2. The summed E-state index contributed by atoms with van der Waals surface area (Å²) in [5.74, 6) is -0.196. The van der Waals surface area contributed by atoms with E-state index in [-0.39, 0.29) is 23.7 Å². The van der Waals surface area contributed by atoms with Gasteiger partial charge in [-0.2, -0.15) is 0 Å². The molecule has 9 heteroatoms. The zero-order chi connectivity index (χ0) is 21.1. The number of morpholine rings is 1. The summed E-state index contributed by atoms with van der Waals surface area (Å²) < 4.78 is 6.89. The van der Waals surface area contributed by atoms with Gasteiger partial charge in [0.15, 0.2) is 5.82 Å². The normalized spacial score (nSPS) is 17.0. The summed E-state index contributed by atoms with van der Waals surface area (Å²) in [4.78, 5) is 27.2. The number of benzene rings is 1. The number of carbonyl (C=O) groups is 2. The molecule has 2 amide bonds. The van der Waals surface area contributed by atoms with Crippen LogP contribution in [-0.4, -0.2) is 71.9 Å². The van der Waals surface area contributed by atoms with Crippen LogP contribution in [0.3, 0.4) is 0 Å². The average molecular weight is 412 g/mol. The Kier molecular flexibility index (Phi) is 6.01. The molecule has 9 nitrogen and oxygen atoms in total. The number of rotatable bonds is 7. The van der Waals surface area contributed by atoms with Crippen molar-refractivity contribution < 1.29 is 14.3 Å². The molecule has 0 atom stereocenters. The summed E-state index contributed by atoms with van der Waals surface area (Å²) in [5.41, 5.74) is 8.55. The van der Waals surface area contributed by atoms with Gasteiger partial charge in [0.05, 0.1) is 18.9 Å². The zero-order valence-corrected chi connectivity index (χ0v) is 17.2. The van der Waals surface area contributed by atoms with Crippen LogP contribution >= 0.6 is 0 Å². The van der Waals surface area contributed by atoms with Crippen LogP contribution < -0.4 is 16.4 Å². The zero-order valence-electron chi connectivity index (χ0n) is 17.2. The number of carbonyl (C=O) groups excluding carboxylic acids is 2. The van der Waals surface area contributed by atoms with Crippen molar-refractivity contribution in [2.24, 2.45) is 0 Å². The third-order valence-electron chi connectivity index (χ3n) is 5.44. The van der Waals surface area contributed by atoms with Crippen LogP contribution in [0.25, 0.3) is 5.69 Å². The van der Waals surface area contributed by atoms with Gasteiger partial charge in [-0.3, -0.25) is 14.5 Å². The lowest BCUT2D eigenvalue weighted by molar-refractivity contribution is 0.0383. The minimum atomic E-state index is -0.257. The van der Waals surface area contributed by atoms with E-state index in [4.69, 9.17) is 10.5 Å². The molecule has 1 aliphatic carbocycles. The van der Waals surface area contributed by atoms with Crippen LogP contribution in [0.5, 0.6) is 0 Å². The number of anilines is 1. The van der Waals surface area contributed by atoms with Gasteiger partial charge < -0.3 is 21.1 Å². The predicted octanol–water partition coefficient (Wildman–Crippen LogP) is 0.717. The lowest BCUT2D eigenvalue weighted by Crippen LogP contribution is -2.41. The van der Waals surface area contributed by atoms with Crippen molar-refractivity contribution in [2.45, 2.75) is 25.8 Å². The second kappa shape index (κ2) is 8.85. The van der Waals surface area contributed by atoms with Gasteiger partial charge in [0.25, 0.3) is 11.8 Å². The van der Waals surface area contributed by atoms with Crippen LogP contribution in [0, 0.1) is 6.92 Å². The SMILES string of the molecule is Cc1ccc(C(=O)NC2CC2)cc1-n1cc(C(=O)NCCN2CCOCC2)c(N)n1. The van der Waals surface area contributed by atoms with Gasteiger partial charge in [-0.05, 0) is 37.5 Å². The Morgan fingerprint density at radius 3 is 2.73 bits per heavy atom. The highest BCUT2D eigenvalue weighted by Crippen LogP contribution is 2.22. The number of nitrogens with zero attached hydrogens (tertiary/aromatic N) is 3. The van der Waals surface area contributed by atoms with Crippen molar-refractivity contribution in [1.82, 2.24) is 25.3 Å². The van der Waals surface area contributed by atoms with E-state index in [1.54, 1.807) is 23.0 Å². The molecule has 1 aliphatic heterocycles. The Morgan fingerprint density at radius 1 is 1.23 bits per heavy atom. The molecule has 160 valence electrons. The fourth-order valence-corrected chi connectivity index (χ4v) is 3.43. The molecule has 2 aliphatic rings. The highest BCUT2D eigenvalue weighted by Gasteiger charge is 2.24. The molecule has 1 aromatic carbocycles. The lowest BCUT2D eigenvalue weighted by Gasteiger charge is -2.26. The molecule has 2 fully saturated rings. The van der Waals surface area contributed by atoms with Crippen molar-refractivity contribution in [3.63, 3.8) is 0 Å².